The fourth-order valence-corrected chi connectivity index (χ4v) is 4.82. The molecule has 5 rings (SSSR count). The van der Waals surface area contributed by atoms with E-state index in [1.807, 2.05) is 49.1 Å². The molecular weight excluding hydrogens is 520 g/mol. The summed E-state index contributed by atoms with van der Waals surface area (Å²) in [6, 6.07) is 16.4. The van der Waals surface area contributed by atoms with E-state index in [-0.39, 0.29) is 0 Å². The minimum Gasteiger partial charge on any atom is -0.449 e. The van der Waals surface area contributed by atoms with E-state index in [4.69, 9.17) is 9.47 Å². The Labute approximate surface area is 239 Å². The second kappa shape index (κ2) is 13.2. The van der Waals surface area contributed by atoms with Crippen molar-refractivity contribution < 1.29 is 14.3 Å². The first-order chi connectivity index (χ1) is 20.1. The molecule has 2 N–H and O–H groups in total. The topological polar surface area (TPSA) is 111 Å². The van der Waals surface area contributed by atoms with E-state index < -0.39 is 6.09 Å². The minimum absolute atomic E-state index is 0.328. The Hall–Kier alpha value is -4.48. The van der Waals surface area contributed by atoms with Gasteiger partial charge in [0.05, 0.1) is 43.4 Å². The van der Waals surface area contributed by atoms with E-state index in [0.717, 1.165) is 47.2 Å². The number of hydrogen-bond acceptors (Lipinski definition) is 8. The molecule has 0 unspecified atom stereocenters. The van der Waals surface area contributed by atoms with Crippen molar-refractivity contribution in [3.63, 3.8) is 0 Å². The molecule has 0 spiro atoms. The highest BCUT2D eigenvalue weighted by Crippen LogP contribution is 2.30. The molecule has 0 aliphatic rings. The third kappa shape index (κ3) is 6.82. The van der Waals surface area contributed by atoms with Crippen LogP contribution in [0.3, 0.4) is 0 Å². The van der Waals surface area contributed by atoms with Gasteiger partial charge in [-0.1, -0.05) is 37.3 Å². The number of anilines is 3. The number of aryl methyl sites for hydroxylation is 1. The number of benzene rings is 2. The molecule has 11 nitrogen and oxygen atoms in total. The second-order valence-electron chi connectivity index (χ2n) is 9.87. The van der Waals surface area contributed by atoms with Crippen LogP contribution in [0.4, 0.5) is 22.0 Å². The van der Waals surface area contributed by atoms with Crippen LogP contribution in [-0.4, -0.2) is 75.8 Å². The number of aromatic nitrogens is 5. The summed E-state index contributed by atoms with van der Waals surface area (Å²) < 4.78 is 14.2. The smallest absolute Gasteiger partial charge is 0.411 e. The van der Waals surface area contributed by atoms with Gasteiger partial charge in [-0.2, -0.15) is 10.2 Å². The van der Waals surface area contributed by atoms with Crippen molar-refractivity contribution in [1.29, 1.82) is 0 Å². The number of ether oxygens (including phenoxy) is 2. The Bertz CT molecular complexity index is 1600. The number of likely N-dealkylation sites (N-methyl/N-ethyl adjacent to an activating group) is 1. The second-order valence-corrected chi connectivity index (χ2v) is 9.87. The molecular formula is C30H36N8O3. The zero-order valence-electron chi connectivity index (χ0n) is 23.7. The van der Waals surface area contributed by atoms with Gasteiger partial charge in [-0.15, -0.1) is 0 Å². The first kappa shape index (κ1) is 28.1. The average Bonchev–Trinajstić information content (AvgIpc) is 3.55. The van der Waals surface area contributed by atoms with E-state index in [1.54, 1.807) is 17.8 Å². The Kier molecular flexibility index (Phi) is 9.07. The standard InChI is InChI=1S/C30H36N8O3/c1-4-25-26(35-30(39)41-15-8-13-36(2)14-16-40-3)20-38-28(25)29(31-21-33-38)34-24-11-12-27-23(17-24)18-32-37(27)19-22-9-6-5-7-10-22/h5-7,9-12,17-18,20-21H,4,8,13-16,19H2,1-3H3,(H,35,39)(H,31,33,34). The van der Waals surface area contributed by atoms with E-state index in [9.17, 15) is 4.79 Å². The van der Waals surface area contributed by atoms with Crippen molar-refractivity contribution >= 4 is 39.7 Å². The summed E-state index contributed by atoms with van der Waals surface area (Å²) in [4.78, 5) is 19.2. The quantitative estimate of drug-likeness (QED) is 0.196. The van der Waals surface area contributed by atoms with E-state index in [0.29, 0.717) is 37.7 Å². The van der Waals surface area contributed by atoms with Gasteiger partial charge in [0, 0.05) is 36.8 Å². The summed E-state index contributed by atoms with van der Waals surface area (Å²) in [5.74, 6) is 0.647. The predicted octanol–water partition coefficient (Wildman–Crippen LogP) is 4.95. The lowest BCUT2D eigenvalue weighted by atomic mass is 10.2. The van der Waals surface area contributed by atoms with Gasteiger partial charge in [-0.25, -0.2) is 14.3 Å². The first-order valence-corrected chi connectivity index (χ1v) is 13.8. The van der Waals surface area contributed by atoms with Gasteiger partial charge in [0.2, 0.25) is 0 Å². The van der Waals surface area contributed by atoms with Crippen LogP contribution in [0, 0.1) is 0 Å². The molecule has 2 aromatic carbocycles. The number of hydrogen-bond donors (Lipinski definition) is 2. The molecule has 11 heteroatoms. The number of carbonyl (C=O) groups is 1. The van der Waals surface area contributed by atoms with Crippen LogP contribution in [0.2, 0.25) is 0 Å². The van der Waals surface area contributed by atoms with Gasteiger partial charge >= 0.3 is 6.09 Å². The average molecular weight is 557 g/mol. The fraction of sp³-hybridized carbons (Fsp3) is 0.333. The molecule has 0 aliphatic carbocycles. The number of methoxy groups -OCH3 is 1. The molecule has 1 amide bonds. The summed E-state index contributed by atoms with van der Waals surface area (Å²) in [5, 5.41) is 16.3. The number of amides is 1. The molecule has 0 radical (unpaired) electrons. The lowest BCUT2D eigenvalue weighted by Crippen LogP contribution is -2.25. The highest BCUT2D eigenvalue weighted by Gasteiger charge is 2.17. The van der Waals surface area contributed by atoms with Gasteiger partial charge in [0.1, 0.15) is 11.8 Å². The highest BCUT2D eigenvalue weighted by atomic mass is 16.5. The molecule has 0 fully saturated rings. The van der Waals surface area contributed by atoms with Crippen LogP contribution in [0.15, 0.2) is 67.3 Å². The largest absolute Gasteiger partial charge is 0.449 e. The van der Waals surface area contributed by atoms with Gasteiger partial charge in [-0.3, -0.25) is 10.00 Å². The predicted molar refractivity (Wildman–Crippen MR) is 160 cm³/mol. The van der Waals surface area contributed by atoms with Crippen molar-refractivity contribution in [3.05, 3.63) is 78.4 Å². The first-order valence-electron chi connectivity index (χ1n) is 13.8. The van der Waals surface area contributed by atoms with Crippen molar-refractivity contribution in [2.75, 3.05) is 51.1 Å². The molecule has 0 saturated carbocycles. The maximum absolute atomic E-state index is 12.6. The Balaban J connectivity index is 1.27. The minimum atomic E-state index is -0.490. The maximum Gasteiger partial charge on any atom is 0.411 e. The number of carbonyl (C=O) groups excluding carboxylic acids is 1. The SMILES string of the molecule is CCc1c(NC(=O)OCCCN(C)CCOC)cn2ncnc(Nc3ccc4c(cnn4Cc4ccccc4)c3)c12. The normalized spacial score (nSPS) is 11.4. The number of nitrogens with zero attached hydrogens (tertiary/aromatic N) is 6. The van der Waals surface area contributed by atoms with E-state index in [2.05, 4.69) is 55.0 Å². The highest BCUT2D eigenvalue weighted by molar-refractivity contribution is 5.91. The van der Waals surface area contributed by atoms with Gasteiger partial charge in [-0.05, 0) is 43.7 Å². The van der Waals surface area contributed by atoms with E-state index >= 15 is 0 Å². The van der Waals surface area contributed by atoms with Crippen LogP contribution < -0.4 is 10.6 Å². The zero-order chi connectivity index (χ0) is 28.6. The molecule has 0 atom stereocenters. The molecule has 0 saturated heterocycles. The maximum atomic E-state index is 12.6. The van der Waals surface area contributed by atoms with E-state index in [1.165, 1.54) is 11.9 Å². The number of nitrogens with one attached hydrogen (secondary N) is 2. The Morgan fingerprint density at radius 2 is 1.93 bits per heavy atom. The zero-order valence-corrected chi connectivity index (χ0v) is 23.7. The molecule has 3 heterocycles. The molecule has 3 aromatic heterocycles. The summed E-state index contributed by atoms with van der Waals surface area (Å²) in [5.41, 5.74) is 5.49. The molecule has 0 bridgehead atoms. The molecule has 0 aliphatic heterocycles. The van der Waals surface area contributed by atoms with Crippen molar-refractivity contribution in [2.45, 2.75) is 26.3 Å². The van der Waals surface area contributed by atoms with Crippen LogP contribution in [-0.2, 0) is 22.4 Å². The van der Waals surface area contributed by atoms with Crippen molar-refractivity contribution in [1.82, 2.24) is 29.3 Å². The summed E-state index contributed by atoms with van der Waals surface area (Å²) in [6.07, 6.45) is 6.07. The molecule has 41 heavy (non-hydrogen) atoms. The van der Waals surface area contributed by atoms with Crippen molar-refractivity contribution in [2.24, 2.45) is 0 Å². The molecule has 5 aromatic rings. The van der Waals surface area contributed by atoms with Crippen LogP contribution in [0.1, 0.15) is 24.5 Å². The van der Waals surface area contributed by atoms with Gasteiger partial charge in [0.15, 0.2) is 5.82 Å². The monoisotopic (exact) mass is 556 g/mol. The van der Waals surface area contributed by atoms with Gasteiger partial charge in [0.25, 0.3) is 0 Å². The molecule has 214 valence electrons. The lowest BCUT2D eigenvalue weighted by molar-refractivity contribution is 0.141. The number of fused-ring (bicyclic) bond motifs is 2. The summed E-state index contributed by atoms with van der Waals surface area (Å²) in [7, 11) is 3.70. The number of rotatable bonds is 13. The third-order valence-corrected chi connectivity index (χ3v) is 6.94. The Morgan fingerprint density at radius 1 is 1.07 bits per heavy atom. The summed E-state index contributed by atoms with van der Waals surface area (Å²) >= 11 is 0. The third-order valence-electron chi connectivity index (χ3n) is 6.94. The fourth-order valence-electron chi connectivity index (χ4n) is 4.82. The van der Waals surface area contributed by atoms with Gasteiger partial charge < -0.3 is 19.7 Å². The van der Waals surface area contributed by atoms with Crippen LogP contribution in [0.5, 0.6) is 0 Å². The van der Waals surface area contributed by atoms with Crippen LogP contribution in [0.25, 0.3) is 16.4 Å². The summed E-state index contributed by atoms with van der Waals surface area (Å²) in [6.45, 7) is 5.39. The lowest BCUT2D eigenvalue weighted by Gasteiger charge is -2.15. The Morgan fingerprint density at radius 3 is 2.73 bits per heavy atom. The van der Waals surface area contributed by atoms with Crippen LogP contribution >= 0.6 is 0 Å². The van der Waals surface area contributed by atoms with Crippen molar-refractivity contribution in [3.8, 4) is 0 Å².